The van der Waals surface area contributed by atoms with Gasteiger partial charge in [-0.1, -0.05) is 18.2 Å². The maximum absolute atomic E-state index is 11.9. The molecule has 1 fully saturated rings. The summed E-state index contributed by atoms with van der Waals surface area (Å²) in [5.41, 5.74) is 0. The zero-order valence-corrected chi connectivity index (χ0v) is 12.7. The van der Waals surface area contributed by atoms with E-state index in [1.807, 2.05) is 0 Å². The third-order valence-electron chi connectivity index (χ3n) is 3.36. The van der Waals surface area contributed by atoms with Crippen molar-refractivity contribution in [3.63, 3.8) is 0 Å². The van der Waals surface area contributed by atoms with Crippen molar-refractivity contribution in [2.24, 2.45) is 0 Å². The number of amides is 1. The molecule has 1 aromatic rings. The van der Waals surface area contributed by atoms with E-state index in [1.165, 1.54) is 12.1 Å². The SMILES string of the molecule is O=C(CN1CCCC1)NCCNS(=O)(=O)c1ccccc1. The van der Waals surface area contributed by atoms with Gasteiger partial charge in [0.1, 0.15) is 0 Å². The Morgan fingerprint density at radius 2 is 1.76 bits per heavy atom. The van der Waals surface area contributed by atoms with Crippen LogP contribution in [0.4, 0.5) is 0 Å². The van der Waals surface area contributed by atoms with Crippen molar-refractivity contribution in [3.05, 3.63) is 30.3 Å². The van der Waals surface area contributed by atoms with Crippen molar-refractivity contribution < 1.29 is 13.2 Å². The first-order valence-corrected chi connectivity index (χ1v) is 8.60. The van der Waals surface area contributed by atoms with E-state index in [4.69, 9.17) is 0 Å². The van der Waals surface area contributed by atoms with Gasteiger partial charge < -0.3 is 5.32 Å². The van der Waals surface area contributed by atoms with E-state index >= 15 is 0 Å². The van der Waals surface area contributed by atoms with Gasteiger partial charge in [-0.15, -0.1) is 0 Å². The van der Waals surface area contributed by atoms with E-state index in [-0.39, 0.29) is 17.3 Å². The molecule has 1 heterocycles. The van der Waals surface area contributed by atoms with Gasteiger partial charge in [-0.05, 0) is 38.1 Å². The second-order valence-corrected chi connectivity index (χ2v) is 6.81. The predicted octanol–water partition coefficient (Wildman–Crippen LogP) is 0.177. The van der Waals surface area contributed by atoms with Crippen molar-refractivity contribution >= 4 is 15.9 Å². The molecule has 0 spiro atoms. The largest absolute Gasteiger partial charge is 0.354 e. The van der Waals surface area contributed by atoms with Crippen LogP contribution in [-0.4, -0.2) is 51.9 Å². The summed E-state index contributed by atoms with van der Waals surface area (Å²) in [6, 6.07) is 8.18. The molecule has 2 N–H and O–H groups in total. The highest BCUT2D eigenvalue weighted by Crippen LogP contribution is 2.07. The van der Waals surface area contributed by atoms with Gasteiger partial charge in [0.2, 0.25) is 15.9 Å². The molecule has 0 aliphatic carbocycles. The second kappa shape index (κ2) is 7.53. The average Bonchev–Trinajstić information content (AvgIpc) is 2.97. The number of carbonyl (C=O) groups excluding carboxylic acids is 1. The normalized spacial score (nSPS) is 16.0. The molecule has 0 saturated carbocycles. The summed E-state index contributed by atoms with van der Waals surface area (Å²) in [6.07, 6.45) is 2.29. The molecule has 6 nitrogen and oxygen atoms in total. The van der Waals surface area contributed by atoms with Gasteiger partial charge in [-0.25, -0.2) is 13.1 Å². The van der Waals surface area contributed by atoms with Crippen LogP contribution in [0.1, 0.15) is 12.8 Å². The molecule has 1 aromatic carbocycles. The summed E-state index contributed by atoms with van der Waals surface area (Å²) in [7, 11) is -3.49. The van der Waals surface area contributed by atoms with Crippen molar-refractivity contribution in [1.29, 1.82) is 0 Å². The molecular weight excluding hydrogens is 290 g/mol. The van der Waals surface area contributed by atoms with Crippen LogP contribution in [0.2, 0.25) is 0 Å². The Bertz CT molecular complexity index is 554. The summed E-state index contributed by atoms with van der Waals surface area (Å²) in [5, 5.41) is 2.73. The lowest BCUT2D eigenvalue weighted by Gasteiger charge is -2.14. The molecule has 1 aliphatic heterocycles. The zero-order valence-electron chi connectivity index (χ0n) is 11.9. The lowest BCUT2D eigenvalue weighted by molar-refractivity contribution is -0.121. The fraction of sp³-hybridized carbons (Fsp3) is 0.500. The molecule has 0 unspecified atom stereocenters. The third-order valence-corrected chi connectivity index (χ3v) is 4.84. The van der Waals surface area contributed by atoms with Gasteiger partial charge in [-0.2, -0.15) is 0 Å². The molecule has 1 aliphatic rings. The van der Waals surface area contributed by atoms with Gasteiger partial charge in [0.15, 0.2) is 0 Å². The van der Waals surface area contributed by atoms with Crippen molar-refractivity contribution in [3.8, 4) is 0 Å². The fourth-order valence-corrected chi connectivity index (χ4v) is 3.32. The Balaban J connectivity index is 1.68. The molecule has 0 atom stereocenters. The molecule has 1 saturated heterocycles. The molecule has 116 valence electrons. The molecule has 7 heteroatoms. The zero-order chi connectivity index (χ0) is 15.1. The first-order chi connectivity index (χ1) is 10.1. The minimum absolute atomic E-state index is 0.0594. The number of nitrogens with one attached hydrogen (secondary N) is 2. The van der Waals surface area contributed by atoms with Crippen LogP contribution in [-0.2, 0) is 14.8 Å². The van der Waals surface area contributed by atoms with Gasteiger partial charge >= 0.3 is 0 Å². The Labute approximate surface area is 125 Å². The van der Waals surface area contributed by atoms with Crippen LogP contribution in [0.5, 0.6) is 0 Å². The summed E-state index contributed by atoms with van der Waals surface area (Å²) in [4.78, 5) is 14.0. The molecule has 0 bridgehead atoms. The monoisotopic (exact) mass is 311 g/mol. The van der Waals surface area contributed by atoms with Crippen LogP contribution < -0.4 is 10.0 Å². The van der Waals surface area contributed by atoms with Crippen LogP contribution in [0, 0.1) is 0 Å². The minimum Gasteiger partial charge on any atom is -0.354 e. The molecule has 0 aromatic heterocycles. The van der Waals surface area contributed by atoms with E-state index in [0.29, 0.717) is 13.1 Å². The van der Waals surface area contributed by atoms with Crippen LogP contribution in [0.25, 0.3) is 0 Å². The number of nitrogens with zero attached hydrogens (tertiary/aromatic N) is 1. The van der Waals surface area contributed by atoms with E-state index in [9.17, 15) is 13.2 Å². The number of likely N-dealkylation sites (tertiary alicyclic amines) is 1. The smallest absolute Gasteiger partial charge is 0.240 e. The van der Waals surface area contributed by atoms with Crippen molar-refractivity contribution in [2.75, 3.05) is 32.7 Å². The van der Waals surface area contributed by atoms with Crippen LogP contribution in [0.3, 0.4) is 0 Å². The topological polar surface area (TPSA) is 78.5 Å². The first kappa shape index (κ1) is 15.9. The van der Waals surface area contributed by atoms with Crippen LogP contribution >= 0.6 is 0 Å². The van der Waals surface area contributed by atoms with E-state index in [2.05, 4.69) is 14.9 Å². The van der Waals surface area contributed by atoms with Gasteiger partial charge in [0, 0.05) is 13.1 Å². The second-order valence-electron chi connectivity index (χ2n) is 5.04. The number of hydrogen-bond acceptors (Lipinski definition) is 4. The van der Waals surface area contributed by atoms with E-state index in [0.717, 1.165) is 25.9 Å². The quantitative estimate of drug-likeness (QED) is 0.704. The average molecular weight is 311 g/mol. The highest BCUT2D eigenvalue weighted by atomic mass is 32.2. The minimum atomic E-state index is -3.49. The van der Waals surface area contributed by atoms with E-state index in [1.54, 1.807) is 18.2 Å². The van der Waals surface area contributed by atoms with Crippen molar-refractivity contribution in [2.45, 2.75) is 17.7 Å². The first-order valence-electron chi connectivity index (χ1n) is 7.12. The molecule has 21 heavy (non-hydrogen) atoms. The standard InChI is InChI=1S/C14H21N3O3S/c18-14(12-17-10-4-5-11-17)15-8-9-16-21(19,20)13-6-2-1-3-7-13/h1-3,6-7,16H,4-5,8-12H2,(H,15,18). The van der Waals surface area contributed by atoms with Crippen LogP contribution in [0.15, 0.2) is 35.2 Å². The summed E-state index contributed by atoms with van der Waals surface area (Å²) < 4.78 is 26.3. The Morgan fingerprint density at radius 3 is 2.43 bits per heavy atom. The molecule has 2 rings (SSSR count). The highest BCUT2D eigenvalue weighted by Gasteiger charge is 2.15. The Hall–Kier alpha value is -1.44. The fourth-order valence-electron chi connectivity index (χ4n) is 2.27. The maximum atomic E-state index is 11.9. The van der Waals surface area contributed by atoms with Crippen molar-refractivity contribution in [1.82, 2.24) is 14.9 Å². The predicted molar refractivity (Wildman–Crippen MR) is 80.3 cm³/mol. The summed E-state index contributed by atoms with van der Waals surface area (Å²) >= 11 is 0. The molecule has 0 radical (unpaired) electrons. The number of benzene rings is 1. The maximum Gasteiger partial charge on any atom is 0.240 e. The van der Waals surface area contributed by atoms with Gasteiger partial charge in [0.25, 0.3) is 0 Å². The summed E-state index contributed by atoms with van der Waals surface area (Å²) in [6.45, 7) is 2.80. The number of rotatable bonds is 7. The molecule has 1 amide bonds. The number of sulfonamides is 1. The van der Waals surface area contributed by atoms with E-state index < -0.39 is 10.0 Å². The van der Waals surface area contributed by atoms with Gasteiger partial charge in [0.05, 0.1) is 11.4 Å². The molecular formula is C14H21N3O3S. The lowest BCUT2D eigenvalue weighted by atomic mass is 10.4. The lowest BCUT2D eigenvalue weighted by Crippen LogP contribution is -2.39. The van der Waals surface area contributed by atoms with Gasteiger partial charge in [-0.3, -0.25) is 9.69 Å². The summed E-state index contributed by atoms with van der Waals surface area (Å²) in [5.74, 6) is -0.0594. The highest BCUT2D eigenvalue weighted by molar-refractivity contribution is 7.89. The third kappa shape index (κ3) is 5.11. The Morgan fingerprint density at radius 1 is 1.10 bits per heavy atom. The number of hydrogen-bond donors (Lipinski definition) is 2. The number of carbonyl (C=O) groups is 1. The Kier molecular flexibility index (Phi) is 5.72.